The minimum atomic E-state index is -0.761. The van der Waals surface area contributed by atoms with Gasteiger partial charge < -0.3 is 14.2 Å². The van der Waals surface area contributed by atoms with E-state index in [-0.39, 0.29) is 31.1 Å². The maximum Gasteiger partial charge on any atom is 0.306 e. The molecule has 0 aliphatic rings. The van der Waals surface area contributed by atoms with Gasteiger partial charge in [0, 0.05) is 19.3 Å². The van der Waals surface area contributed by atoms with Crippen molar-refractivity contribution in [3.63, 3.8) is 0 Å². The summed E-state index contributed by atoms with van der Waals surface area (Å²) in [5.41, 5.74) is 0. The first-order valence-electron chi connectivity index (χ1n) is 23.8. The molecular weight excluding hydrogens is 673 g/mol. The third kappa shape index (κ3) is 38.7. The lowest BCUT2D eigenvalue weighted by Crippen LogP contribution is -2.30. The van der Waals surface area contributed by atoms with Crippen LogP contribution in [0.5, 0.6) is 0 Å². The van der Waals surface area contributed by atoms with Crippen LogP contribution in [-0.4, -0.2) is 37.2 Å². The molecule has 0 saturated heterocycles. The van der Waals surface area contributed by atoms with E-state index in [1.54, 1.807) is 0 Å². The summed E-state index contributed by atoms with van der Waals surface area (Å²) >= 11 is 0. The first-order chi connectivity index (χ1) is 26.3. The van der Waals surface area contributed by atoms with Gasteiger partial charge in [-0.1, -0.05) is 221 Å². The van der Waals surface area contributed by atoms with Gasteiger partial charge in [-0.3, -0.25) is 14.4 Å². The minimum Gasteiger partial charge on any atom is -0.462 e. The molecule has 3 atom stereocenters. The van der Waals surface area contributed by atoms with Crippen LogP contribution in [0.1, 0.15) is 259 Å². The summed E-state index contributed by atoms with van der Waals surface area (Å²) in [4.78, 5) is 37.8. The van der Waals surface area contributed by atoms with Crippen LogP contribution in [0.4, 0.5) is 0 Å². The molecule has 0 amide bonds. The number of ether oxygens (including phenoxy) is 3. The van der Waals surface area contributed by atoms with E-state index in [9.17, 15) is 14.4 Å². The Morgan fingerprint density at radius 1 is 0.370 bits per heavy atom. The van der Waals surface area contributed by atoms with Gasteiger partial charge in [-0.2, -0.15) is 0 Å². The van der Waals surface area contributed by atoms with Crippen LogP contribution in [0.25, 0.3) is 0 Å². The summed E-state index contributed by atoms with van der Waals surface area (Å²) in [6, 6.07) is 0. The van der Waals surface area contributed by atoms with Crippen molar-refractivity contribution in [1.82, 2.24) is 0 Å². The second-order valence-corrected chi connectivity index (χ2v) is 16.9. The van der Waals surface area contributed by atoms with E-state index in [4.69, 9.17) is 14.2 Å². The number of hydrogen-bond acceptors (Lipinski definition) is 6. The number of carbonyl (C=O) groups excluding carboxylic acids is 3. The summed E-state index contributed by atoms with van der Waals surface area (Å²) in [6.45, 7) is 11.3. The van der Waals surface area contributed by atoms with E-state index < -0.39 is 6.10 Å². The van der Waals surface area contributed by atoms with E-state index in [0.717, 1.165) is 69.6 Å². The highest BCUT2D eigenvalue weighted by molar-refractivity contribution is 5.71. The molecule has 0 aromatic heterocycles. The van der Waals surface area contributed by atoms with Crippen LogP contribution in [-0.2, 0) is 28.6 Å². The molecule has 6 heteroatoms. The molecule has 0 spiro atoms. The second kappa shape index (κ2) is 41.1. The Bertz CT molecular complexity index is 828. The topological polar surface area (TPSA) is 78.9 Å². The fourth-order valence-corrected chi connectivity index (χ4v) is 7.04. The molecule has 6 nitrogen and oxygen atoms in total. The largest absolute Gasteiger partial charge is 0.462 e. The summed E-state index contributed by atoms with van der Waals surface area (Å²) in [5.74, 6) is 0.804. The average molecular weight is 765 g/mol. The first kappa shape index (κ1) is 52.4. The quantitative estimate of drug-likeness (QED) is 0.0350. The van der Waals surface area contributed by atoms with E-state index in [0.29, 0.717) is 19.3 Å². The Kier molecular flexibility index (Phi) is 39.8. The van der Waals surface area contributed by atoms with Gasteiger partial charge in [0.05, 0.1) is 0 Å². The lowest BCUT2D eigenvalue weighted by atomic mass is 9.99. The van der Waals surface area contributed by atoms with Gasteiger partial charge >= 0.3 is 17.9 Å². The Balaban J connectivity index is 4.35. The molecule has 0 aliphatic carbocycles. The number of esters is 3. The van der Waals surface area contributed by atoms with E-state index in [2.05, 4.69) is 34.6 Å². The number of unbranched alkanes of at least 4 members (excludes halogenated alkanes) is 25. The van der Waals surface area contributed by atoms with Gasteiger partial charge in [0.25, 0.3) is 0 Å². The SMILES string of the molecule is CCCCCCCCCCCCCCCCC(=O)O[C@@H](COC(=O)CCCCCCCCCCC(C)CC)COC(=O)CCCCCCCCC(C)CC. The van der Waals surface area contributed by atoms with E-state index >= 15 is 0 Å². The van der Waals surface area contributed by atoms with Gasteiger partial charge in [-0.25, -0.2) is 0 Å². The zero-order valence-electron chi connectivity index (χ0n) is 36.8. The van der Waals surface area contributed by atoms with Crippen LogP contribution < -0.4 is 0 Å². The lowest BCUT2D eigenvalue weighted by Gasteiger charge is -2.18. The Morgan fingerprint density at radius 2 is 0.648 bits per heavy atom. The molecule has 0 rings (SSSR count). The first-order valence-corrected chi connectivity index (χ1v) is 23.8. The molecule has 0 aromatic carbocycles. The molecule has 0 N–H and O–H groups in total. The van der Waals surface area contributed by atoms with Gasteiger partial charge in [0.15, 0.2) is 6.10 Å². The third-order valence-electron chi connectivity index (χ3n) is 11.4. The highest BCUT2D eigenvalue weighted by Gasteiger charge is 2.19. The van der Waals surface area contributed by atoms with Crippen molar-refractivity contribution in [2.75, 3.05) is 13.2 Å². The van der Waals surface area contributed by atoms with Crippen molar-refractivity contribution < 1.29 is 28.6 Å². The lowest BCUT2D eigenvalue weighted by molar-refractivity contribution is -0.167. The average Bonchev–Trinajstić information content (AvgIpc) is 3.17. The zero-order valence-corrected chi connectivity index (χ0v) is 36.8. The summed E-state index contributed by atoms with van der Waals surface area (Å²) in [6.07, 6.45) is 39.4. The molecule has 0 aliphatic heterocycles. The fraction of sp³-hybridized carbons (Fsp3) is 0.938. The highest BCUT2D eigenvalue weighted by atomic mass is 16.6. The number of rotatable bonds is 42. The van der Waals surface area contributed by atoms with E-state index in [1.165, 1.54) is 148 Å². The fourth-order valence-electron chi connectivity index (χ4n) is 7.04. The molecule has 0 bridgehead atoms. The van der Waals surface area contributed by atoms with Crippen molar-refractivity contribution in [1.29, 1.82) is 0 Å². The molecule has 54 heavy (non-hydrogen) atoms. The normalized spacial score (nSPS) is 13.1. The van der Waals surface area contributed by atoms with Gasteiger partial charge in [0.2, 0.25) is 0 Å². The molecule has 0 radical (unpaired) electrons. The Hall–Kier alpha value is -1.59. The minimum absolute atomic E-state index is 0.0656. The Labute approximate surface area is 336 Å². The van der Waals surface area contributed by atoms with Crippen molar-refractivity contribution >= 4 is 17.9 Å². The van der Waals surface area contributed by atoms with Crippen molar-refractivity contribution in [2.24, 2.45) is 11.8 Å². The van der Waals surface area contributed by atoms with E-state index in [1.807, 2.05) is 0 Å². The molecule has 320 valence electrons. The third-order valence-corrected chi connectivity index (χ3v) is 11.4. The summed E-state index contributed by atoms with van der Waals surface area (Å²) in [5, 5.41) is 0. The number of carbonyl (C=O) groups is 3. The van der Waals surface area contributed by atoms with Gasteiger partial charge in [-0.05, 0) is 31.1 Å². The van der Waals surface area contributed by atoms with Crippen LogP contribution in [0.15, 0.2) is 0 Å². The predicted molar refractivity (Wildman–Crippen MR) is 229 cm³/mol. The maximum atomic E-state index is 12.7. The summed E-state index contributed by atoms with van der Waals surface area (Å²) < 4.78 is 16.7. The molecule has 0 saturated carbocycles. The van der Waals surface area contributed by atoms with Crippen LogP contribution in [0, 0.1) is 11.8 Å². The predicted octanol–water partition coefficient (Wildman–Crippen LogP) is 15.0. The standard InChI is InChI=1S/C48H92O6/c1-6-9-10-11-12-13-14-15-16-17-18-23-30-35-40-48(51)54-45(42-53-47(50)39-34-29-25-24-27-32-37-44(5)8-3)41-52-46(49)38-33-28-22-20-19-21-26-31-36-43(4)7-2/h43-45H,6-42H2,1-5H3/t43?,44?,45-/m0/s1. The highest BCUT2D eigenvalue weighted by Crippen LogP contribution is 2.17. The Morgan fingerprint density at radius 3 is 0.963 bits per heavy atom. The van der Waals surface area contributed by atoms with Crippen molar-refractivity contribution in [3.05, 3.63) is 0 Å². The molecule has 0 aromatic rings. The van der Waals surface area contributed by atoms with Crippen LogP contribution >= 0.6 is 0 Å². The maximum absolute atomic E-state index is 12.7. The van der Waals surface area contributed by atoms with Crippen LogP contribution in [0.3, 0.4) is 0 Å². The molecule has 2 unspecified atom stereocenters. The van der Waals surface area contributed by atoms with Crippen LogP contribution in [0.2, 0.25) is 0 Å². The zero-order chi connectivity index (χ0) is 39.7. The molecule has 0 heterocycles. The molecular formula is C48H92O6. The second-order valence-electron chi connectivity index (χ2n) is 16.9. The smallest absolute Gasteiger partial charge is 0.306 e. The van der Waals surface area contributed by atoms with Crippen molar-refractivity contribution in [2.45, 2.75) is 265 Å². The summed E-state index contributed by atoms with van der Waals surface area (Å²) in [7, 11) is 0. The van der Waals surface area contributed by atoms with Gasteiger partial charge in [0.1, 0.15) is 13.2 Å². The van der Waals surface area contributed by atoms with Crippen molar-refractivity contribution in [3.8, 4) is 0 Å². The monoisotopic (exact) mass is 765 g/mol. The van der Waals surface area contributed by atoms with Gasteiger partial charge in [-0.15, -0.1) is 0 Å². The molecule has 0 fully saturated rings. The number of hydrogen-bond donors (Lipinski definition) is 0.